The first-order valence-corrected chi connectivity index (χ1v) is 12.4. The van der Waals surface area contributed by atoms with Crippen molar-refractivity contribution in [3.63, 3.8) is 0 Å². The molecule has 4 aromatic carbocycles. The van der Waals surface area contributed by atoms with E-state index >= 15 is 0 Å². The van der Waals surface area contributed by atoms with Gasteiger partial charge in [0.2, 0.25) is 5.91 Å². The molecule has 168 valence electrons. The summed E-state index contributed by atoms with van der Waals surface area (Å²) in [6.45, 7) is 0. The fraction of sp³-hybridized carbons (Fsp3) is 0.0370. The lowest BCUT2D eigenvalue weighted by atomic mass is 10.2. The number of benzene rings is 4. The topological polar surface area (TPSA) is 49.4 Å². The molecular formula is C27H19FN2O2S2. The third kappa shape index (κ3) is 4.71. The molecule has 0 saturated heterocycles. The normalized spacial score (nSPS) is 12.0. The van der Waals surface area contributed by atoms with E-state index < -0.39 is 5.82 Å². The lowest BCUT2D eigenvalue weighted by Crippen LogP contribution is -2.29. The van der Waals surface area contributed by atoms with Gasteiger partial charge in [0.25, 0.3) is 5.91 Å². The number of anilines is 3. The number of rotatable bonds is 5. The molecule has 0 fully saturated rings. The van der Waals surface area contributed by atoms with Crippen molar-refractivity contribution < 1.29 is 14.0 Å². The van der Waals surface area contributed by atoms with Gasteiger partial charge >= 0.3 is 0 Å². The molecule has 0 unspecified atom stereocenters. The molecule has 0 aliphatic carbocycles. The van der Waals surface area contributed by atoms with Gasteiger partial charge in [-0.05, 0) is 66.7 Å². The molecule has 5 rings (SSSR count). The first kappa shape index (κ1) is 22.3. The predicted octanol–water partition coefficient (Wildman–Crippen LogP) is 7.00. The van der Waals surface area contributed by atoms with E-state index in [4.69, 9.17) is 0 Å². The zero-order valence-electron chi connectivity index (χ0n) is 17.9. The first-order valence-electron chi connectivity index (χ1n) is 10.6. The van der Waals surface area contributed by atoms with Crippen molar-refractivity contribution in [2.24, 2.45) is 0 Å². The second-order valence-electron chi connectivity index (χ2n) is 7.54. The molecule has 2 amide bonds. The van der Waals surface area contributed by atoms with Gasteiger partial charge in [-0.2, -0.15) is 0 Å². The molecule has 0 saturated carbocycles. The summed E-state index contributed by atoms with van der Waals surface area (Å²) in [6.07, 6.45) is 0. The second-order valence-corrected chi connectivity index (χ2v) is 9.68. The van der Waals surface area contributed by atoms with Crippen LogP contribution in [-0.4, -0.2) is 17.6 Å². The quantitative estimate of drug-likeness (QED) is 0.309. The number of halogens is 1. The maximum Gasteiger partial charge on any atom is 0.255 e. The number of carbonyl (C=O) groups excluding carboxylic acids is 2. The smallest absolute Gasteiger partial charge is 0.255 e. The third-order valence-corrected chi connectivity index (χ3v) is 7.35. The first-order chi connectivity index (χ1) is 16.6. The van der Waals surface area contributed by atoms with Crippen molar-refractivity contribution in [2.75, 3.05) is 16.0 Å². The minimum Gasteiger partial charge on any atom is -0.322 e. The highest BCUT2D eigenvalue weighted by molar-refractivity contribution is 8.00. The van der Waals surface area contributed by atoms with Crippen LogP contribution in [0.4, 0.5) is 21.5 Å². The highest BCUT2D eigenvalue weighted by atomic mass is 32.2. The van der Waals surface area contributed by atoms with E-state index in [-0.39, 0.29) is 17.6 Å². The molecule has 0 atom stereocenters. The molecule has 0 spiro atoms. The van der Waals surface area contributed by atoms with Crippen molar-refractivity contribution in [1.82, 2.24) is 0 Å². The van der Waals surface area contributed by atoms with Crippen molar-refractivity contribution >= 4 is 52.4 Å². The van der Waals surface area contributed by atoms with Gasteiger partial charge < -0.3 is 5.32 Å². The van der Waals surface area contributed by atoms with Crippen molar-refractivity contribution in [3.05, 3.63) is 108 Å². The molecule has 0 bridgehead atoms. The molecular weight excluding hydrogens is 467 g/mol. The van der Waals surface area contributed by atoms with Crippen LogP contribution in [0.25, 0.3) is 0 Å². The number of nitrogens with zero attached hydrogens (tertiary/aromatic N) is 1. The van der Waals surface area contributed by atoms with Crippen LogP contribution in [-0.2, 0) is 4.79 Å². The molecule has 34 heavy (non-hydrogen) atoms. The van der Waals surface area contributed by atoms with Crippen LogP contribution in [0.2, 0.25) is 0 Å². The van der Waals surface area contributed by atoms with Crippen LogP contribution in [0.15, 0.2) is 112 Å². The van der Waals surface area contributed by atoms with Crippen LogP contribution in [0.5, 0.6) is 0 Å². The van der Waals surface area contributed by atoms with Gasteiger partial charge in [0.1, 0.15) is 5.82 Å². The Bertz CT molecular complexity index is 1330. The monoisotopic (exact) mass is 486 g/mol. The molecule has 1 heterocycles. The molecule has 4 nitrogen and oxygen atoms in total. The molecule has 1 aliphatic rings. The van der Waals surface area contributed by atoms with Gasteiger partial charge in [0.15, 0.2) is 0 Å². The third-order valence-electron chi connectivity index (χ3n) is 5.24. The number of nitrogens with one attached hydrogen (secondary N) is 1. The van der Waals surface area contributed by atoms with Crippen LogP contribution in [0.3, 0.4) is 0 Å². The largest absolute Gasteiger partial charge is 0.322 e. The van der Waals surface area contributed by atoms with Crippen LogP contribution < -0.4 is 10.2 Å². The van der Waals surface area contributed by atoms with E-state index in [2.05, 4.69) is 5.32 Å². The van der Waals surface area contributed by atoms with E-state index in [1.807, 2.05) is 66.7 Å². The summed E-state index contributed by atoms with van der Waals surface area (Å²) in [7, 11) is 0. The van der Waals surface area contributed by atoms with Gasteiger partial charge in [-0.25, -0.2) is 4.39 Å². The maximum atomic E-state index is 13.4. The molecule has 1 N–H and O–H groups in total. The lowest BCUT2D eigenvalue weighted by Gasteiger charge is -2.31. The molecule has 0 aromatic heterocycles. The number of fused-ring (bicyclic) bond motifs is 2. The Kier molecular flexibility index (Phi) is 6.38. The van der Waals surface area contributed by atoms with E-state index in [1.165, 1.54) is 36.0 Å². The average Bonchev–Trinajstić information content (AvgIpc) is 2.86. The molecule has 4 aromatic rings. The summed E-state index contributed by atoms with van der Waals surface area (Å²) in [6, 6.07) is 28.5. The van der Waals surface area contributed by atoms with Gasteiger partial charge in [0, 0.05) is 25.9 Å². The predicted molar refractivity (Wildman–Crippen MR) is 136 cm³/mol. The summed E-state index contributed by atoms with van der Waals surface area (Å²) in [4.78, 5) is 30.5. The van der Waals surface area contributed by atoms with Crippen LogP contribution in [0, 0.1) is 5.82 Å². The van der Waals surface area contributed by atoms with E-state index in [1.54, 1.807) is 22.7 Å². The summed E-state index contributed by atoms with van der Waals surface area (Å²) < 4.78 is 13.1. The van der Waals surface area contributed by atoms with E-state index in [9.17, 15) is 14.0 Å². The Labute approximate surface area is 205 Å². The summed E-state index contributed by atoms with van der Waals surface area (Å²) in [5, 5.41) is 2.82. The zero-order valence-corrected chi connectivity index (χ0v) is 19.5. The molecule has 0 radical (unpaired) electrons. The number of thioether (sulfide) groups is 1. The zero-order chi connectivity index (χ0) is 23.5. The molecule has 7 heteroatoms. The maximum absolute atomic E-state index is 13.4. The van der Waals surface area contributed by atoms with Gasteiger partial charge in [0.05, 0.1) is 17.1 Å². The fourth-order valence-corrected chi connectivity index (χ4v) is 5.51. The molecule has 1 aliphatic heterocycles. The van der Waals surface area contributed by atoms with Crippen molar-refractivity contribution in [1.29, 1.82) is 0 Å². The Morgan fingerprint density at radius 1 is 0.824 bits per heavy atom. The highest BCUT2D eigenvalue weighted by Gasteiger charge is 2.27. The number of para-hydroxylation sites is 2. The Morgan fingerprint density at radius 2 is 1.47 bits per heavy atom. The number of hydrogen-bond donors (Lipinski definition) is 1. The average molecular weight is 487 g/mol. The van der Waals surface area contributed by atoms with E-state index in [0.29, 0.717) is 11.3 Å². The summed E-state index contributed by atoms with van der Waals surface area (Å²) in [5.41, 5.74) is 2.75. The minimum atomic E-state index is -0.392. The Balaban J connectivity index is 1.30. The van der Waals surface area contributed by atoms with Gasteiger partial charge in [-0.3, -0.25) is 14.5 Å². The van der Waals surface area contributed by atoms with Crippen molar-refractivity contribution in [2.45, 2.75) is 14.7 Å². The summed E-state index contributed by atoms with van der Waals surface area (Å²) >= 11 is 3.07. The lowest BCUT2D eigenvalue weighted by molar-refractivity contribution is -0.115. The number of carbonyl (C=O) groups is 2. The van der Waals surface area contributed by atoms with E-state index in [0.717, 1.165) is 26.1 Å². The number of amides is 2. The van der Waals surface area contributed by atoms with Crippen LogP contribution >= 0.6 is 23.5 Å². The minimum absolute atomic E-state index is 0.0223. The second kappa shape index (κ2) is 9.75. The standard InChI is InChI=1S/C27H19FN2O2S2/c28-19-14-12-18(13-15-19)27(32)29-20-6-5-7-21(16-20)33-17-26(31)30-22-8-1-3-10-24(22)34-25-11-4-2-9-23(25)30/h1-16H,17H2,(H,29,32). The van der Waals surface area contributed by atoms with Gasteiger partial charge in [-0.1, -0.05) is 42.1 Å². The number of hydrogen-bond acceptors (Lipinski definition) is 4. The Morgan fingerprint density at radius 3 is 2.15 bits per heavy atom. The Hall–Kier alpha value is -3.55. The highest BCUT2D eigenvalue weighted by Crippen LogP contribution is 2.48. The van der Waals surface area contributed by atoms with Crippen LogP contribution in [0.1, 0.15) is 10.4 Å². The SMILES string of the molecule is O=C(Nc1cccc(SCC(=O)N2c3ccccc3Sc3ccccc32)c1)c1ccc(F)cc1. The van der Waals surface area contributed by atoms with Crippen molar-refractivity contribution in [3.8, 4) is 0 Å². The van der Waals surface area contributed by atoms with Gasteiger partial charge in [-0.15, -0.1) is 11.8 Å². The fourth-order valence-electron chi connectivity index (χ4n) is 3.65. The summed E-state index contributed by atoms with van der Waals surface area (Å²) in [5.74, 6) is -0.497.